The molecule has 4 aromatic rings. The third-order valence-corrected chi connectivity index (χ3v) is 13.5. The summed E-state index contributed by atoms with van der Waals surface area (Å²) >= 11 is 0. The molecule has 2 saturated carbocycles. The minimum atomic E-state index is -4.18. The summed E-state index contributed by atoms with van der Waals surface area (Å²) in [7, 11) is -8.36. The van der Waals surface area contributed by atoms with Crippen molar-refractivity contribution in [2.24, 2.45) is 17.3 Å². The van der Waals surface area contributed by atoms with E-state index in [1.807, 2.05) is 0 Å². The highest BCUT2D eigenvalue weighted by Gasteiger charge is 2.42. The number of hydrogen-bond donors (Lipinski definition) is 0. The second-order valence-electron chi connectivity index (χ2n) is 13.6. The second-order valence-corrected chi connectivity index (χ2v) is 16.7. The van der Waals surface area contributed by atoms with E-state index in [-0.39, 0.29) is 48.1 Å². The van der Waals surface area contributed by atoms with Crippen molar-refractivity contribution in [3.8, 4) is 11.5 Å². The van der Waals surface area contributed by atoms with Gasteiger partial charge in [0.15, 0.2) is 9.95 Å². The molecule has 4 aromatic carbocycles. The van der Waals surface area contributed by atoms with Crippen LogP contribution < -0.4 is 10.2 Å². The summed E-state index contributed by atoms with van der Waals surface area (Å²) in [6.07, 6.45) is 4.30. The van der Waals surface area contributed by atoms with Crippen LogP contribution in [0.4, 0.5) is 11.4 Å². The highest BCUT2D eigenvalue weighted by molar-refractivity contribution is 7.87. The van der Waals surface area contributed by atoms with Crippen LogP contribution in [-0.4, -0.2) is 29.0 Å². The number of hydrogen-bond acceptors (Lipinski definition) is 10. The van der Waals surface area contributed by atoms with E-state index in [1.165, 1.54) is 60.7 Å². The normalized spacial score (nSPS) is 22.0. The molecule has 12 nitrogen and oxygen atoms in total. The first-order valence-corrected chi connectivity index (χ1v) is 19.1. The van der Waals surface area contributed by atoms with Crippen LogP contribution in [0.2, 0.25) is 0 Å². The van der Waals surface area contributed by atoms with E-state index in [9.17, 15) is 27.0 Å². The standard InChI is InChI=1S/C35H36N4O8S2/c1-35(2,21-9-13-23(14-10-21)46-48(42,43)31-7-3-5-27-25(31)17-19-29(38-36)33(27)40)22-11-15-24(16-12-22)47-49(44,45)32-8-4-6-28-26(32)18-20-30(39-37)34(28)41/h3-8,17-24H,9-16H2,1-2H3. The zero-order valence-electron chi connectivity index (χ0n) is 27.1. The molecule has 0 spiro atoms. The Hall–Kier alpha value is -4.34. The van der Waals surface area contributed by atoms with Crippen molar-refractivity contribution in [1.29, 1.82) is 10.8 Å². The SMILES string of the molecule is CC(C)(C1CCC(OS(=O)(=O)c2cccc3c([O-])c([N+]#N)ccc23)CC1)C1CCC(OS(=O)(=O)c2cccc3c([O-])c([N+]#N)ccc23)CC1. The summed E-state index contributed by atoms with van der Waals surface area (Å²) in [6, 6.07) is 14.1. The van der Waals surface area contributed by atoms with Gasteiger partial charge in [0.1, 0.15) is 9.79 Å². The molecule has 0 aliphatic heterocycles. The van der Waals surface area contributed by atoms with Gasteiger partial charge in [-0.15, -0.1) is 0 Å². The molecule has 2 fully saturated rings. The van der Waals surface area contributed by atoms with Crippen molar-refractivity contribution in [2.75, 3.05) is 0 Å². The van der Waals surface area contributed by atoms with E-state index < -0.39 is 43.9 Å². The Morgan fingerprint density at radius 1 is 0.592 bits per heavy atom. The predicted octanol–water partition coefficient (Wildman–Crippen LogP) is 7.36. The zero-order chi connectivity index (χ0) is 35.1. The van der Waals surface area contributed by atoms with E-state index >= 15 is 0 Å². The van der Waals surface area contributed by atoms with Crippen molar-refractivity contribution in [1.82, 2.24) is 0 Å². The Morgan fingerprint density at radius 2 is 0.959 bits per heavy atom. The molecule has 256 valence electrons. The van der Waals surface area contributed by atoms with Crippen LogP contribution in [0.1, 0.15) is 65.2 Å². The van der Waals surface area contributed by atoms with Gasteiger partial charge in [0.25, 0.3) is 20.2 Å². The summed E-state index contributed by atoms with van der Waals surface area (Å²) in [5.41, 5.74) is -0.434. The van der Waals surface area contributed by atoms with Gasteiger partial charge in [0.2, 0.25) is 10.8 Å². The summed E-state index contributed by atoms with van der Waals surface area (Å²) in [5, 5.41) is 43.9. The van der Waals surface area contributed by atoms with Crippen molar-refractivity contribution in [3.63, 3.8) is 0 Å². The monoisotopic (exact) mass is 704 g/mol. The smallest absolute Gasteiger partial charge is 0.378 e. The highest BCUT2D eigenvalue weighted by Crippen LogP contribution is 2.49. The maximum absolute atomic E-state index is 13.4. The Kier molecular flexibility index (Phi) is 9.28. The van der Waals surface area contributed by atoms with Crippen LogP contribution in [0.3, 0.4) is 0 Å². The molecule has 0 saturated heterocycles. The number of diazo groups is 2. The first-order valence-electron chi connectivity index (χ1n) is 16.3. The lowest BCUT2D eigenvalue weighted by Gasteiger charge is -2.46. The molecule has 2 aliphatic rings. The van der Waals surface area contributed by atoms with Gasteiger partial charge >= 0.3 is 11.4 Å². The van der Waals surface area contributed by atoms with Crippen molar-refractivity contribution >= 4 is 53.2 Å². The lowest BCUT2D eigenvalue weighted by Crippen LogP contribution is -2.39. The fraction of sp³-hybridized carbons (Fsp3) is 0.429. The van der Waals surface area contributed by atoms with Gasteiger partial charge in [-0.25, -0.2) is 0 Å². The average molecular weight is 705 g/mol. The third-order valence-electron chi connectivity index (χ3n) is 10.6. The molecule has 0 heterocycles. The lowest BCUT2D eigenvalue weighted by atomic mass is 9.60. The average Bonchev–Trinajstić information content (AvgIpc) is 3.08. The maximum Gasteiger partial charge on any atom is 0.378 e. The van der Waals surface area contributed by atoms with Gasteiger partial charge in [-0.1, -0.05) is 38.1 Å². The Balaban J connectivity index is 1.06. The molecule has 49 heavy (non-hydrogen) atoms. The van der Waals surface area contributed by atoms with Crippen LogP contribution >= 0.6 is 0 Å². The molecular weight excluding hydrogens is 669 g/mol. The molecular formula is C35H36N4O8S2. The van der Waals surface area contributed by atoms with E-state index in [4.69, 9.17) is 19.2 Å². The molecule has 0 N–H and O–H groups in total. The second kappa shape index (κ2) is 13.2. The zero-order valence-corrected chi connectivity index (χ0v) is 28.7. The van der Waals surface area contributed by atoms with Crippen LogP contribution in [0.5, 0.6) is 11.5 Å². The van der Waals surface area contributed by atoms with E-state index in [0.29, 0.717) is 37.5 Å². The number of rotatable bonds is 8. The summed E-state index contributed by atoms with van der Waals surface area (Å²) < 4.78 is 64.8. The van der Waals surface area contributed by atoms with Crippen molar-refractivity contribution < 1.29 is 35.4 Å². The number of benzene rings is 4. The Labute approximate surface area is 285 Å². The van der Waals surface area contributed by atoms with E-state index in [0.717, 1.165) is 25.7 Å². The fourth-order valence-corrected chi connectivity index (χ4v) is 10.5. The summed E-state index contributed by atoms with van der Waals surface area (Å²) in [5.74, 6) is -0.508. The van der Waals surface area contributed by atoms with E-state index in [1.54, 1.807) is 0 Å². The van der Waals surface area contributed by atoms with Crippen molar-refractivity contribution in [3.05, 3.63) is 70.6 Å². The lowest BCUT2D eigenvalue weighted by molar-refractivity contribution is -0.265. The van der Waals surface area contributed by atoms with Gasteiger partial charge in [-0.2, -0.15) is 16.8 Å². The molecule has 0 amide bonds. The molecule has 0 unspecified atom stereocenters. The fourth-order valence-electron chi connectivity index (χ4n) is 7.77. The molecule has 6 rings (SSSR count). The molecule has 0 atom stereocenters. The van der Waals surface area contributed by atoms with Gasteiger partial charge in [0.05, 0.1) is 12.2 Å². The largest absolute Gasteiger partial charge is 0.867 e. The van der Waals surface area contributed by atoms with Crippen LogP contribution in [-0.2, 0) is 28.6 Å². The van der Waals surface area contributed by atoms with Gasteiger partial charge in [-0.3, -0.25) is 8.37 Å². The highest BCUT2D eigenvalue weighted by atomic mass is 32.2. The Morgan fingerprint density at radius 3 is 1.31 bits per heavy atom. The van der Waals surface area contributed by atoms with Gasteiger partial charge in [-0.05, 0) is 115 Å². The van der Waals surface area contributed by atoms with Gasteiger partial charge in [0, 0.05) is 22.9 Å². The third kappa shape index (κ3) is 6.54. The Bertz CT molecular complexity index is 2070. The number of nitrogens with zero attached hydrogens (tertiary/aromatic N) is 4. The quantitative estimate of drug-likeness (QED) is 0.132. The minimum absolute atomic E-state index is 0.0844. The van der Waals surface area contributed by atoms with Gasteiger partial charge < -0.3 is 10.2 Å². The predicted molar refractivity (Wildman–Crippen MR) is 178 cm³/mol. The molecule has 14 heteroatoms. The van der Waals surface area contributed by atoms with Crippen LogP contribution in [0.25, 0.3) is 31.5 Å². The molecule has 2 aliphatic carbocycles. The molecule has 0 aromatic heterocycles. The maximum atomic E-state index is 13.4. The first-order chi connectivity index (χ1) is 23.3. The minimum Gasteiger partial charge on any atom is -0.867 e. The van der Waals surface area contributed by atoms with Crippen molar-refractivity contribution in [2.45, 2.75) is 87.2 Å². The molecule has 0 radical (unpaired) electrons. The first kappa shape index (κ1) is 34.5. The van der Waals surface area contributed by atoms with Crippen LogP contribution in [0, 0.1) is 28.0 Å². The molecule has 0 bridgehead atoms. The summed E-state index contributed by atoms with van der Waals surface area (Å²) in [4.78, 5) is 5.74. The topological polar surface area (TPSA) is 189 Å². The van der Waals surface area contributed by atoms with Crippen LogP contribution in [0.15, 0.2) is 70.5 Å². The van der Waals surface area contributed by atoms with E-state index in [2.05, 4.69) is 23.8 Å². The number of fused-ring (bicyclic) bond motifs is 2. The summed E-state index contributed by atoms with van der Waals surface area (Å²) in [6.45, 7) is 4.45.